The molecule has 2 rings (SSSR count). The summed E-state index contributed by atoms with van der Waals surface area (Å²) in [6, 6.07) is 3.10. The molecule has 0 fully saturated rings. The first-order valence-electron chi connectivity index (χ1n) is 5.57. The highest BCUT2D eigenvalue weighted by Gasteiger charge is 2.14. The van der Waals surface area contributed by atoms with E-state index in [4.69, 9.17) is 0 Å². The van der Waals surface area contributed by atoms with Crippen molar-refractivity contribution in [1.29, 1.82) is 0 Å². The topological polar surface area (TPSA) is 94.1 Å². The molecule has 0 spiro atoms. The lowest BCUT2D eigenvalue weighted by Crippen LogP contribution is -1.98. The Morgan fingerprint density at radius 3 is 2.89 bits per heavy atom. The molecule has 0 saturated carbocycles. The molecular weight excluding hydrogens is 255 g/mol. The van der Waals surface area contributed by atoms with Gasteiger partial charge < -0.3 is 5.11 Å². The SMILES string of the molecule is CCC(O)c1cn(-c2cc(F)cc([N+](=O)[O-])c2)nn1. The lowest BCUT2D eigenvalue weighted by Gasteiger charge is -2.02. The van der Waals surface area contributed by atoms with Gasteiger partial charge >= 0.3 is 0 Å². The van der Waals surface area contributed by atoms with Crippen LogP contribution in [0.1, 0.15) is 25.1 Å². The molecule has 0 radical (unpaired) electrons. The second-order valence-corrected chi connectivity index (χ2v) is 3.94. The van der Waals surface area contributed by atoms with Crippen LogP contribution in [0.2, 0.25) is 0 Å². The molecule has 8 heteroatoms. The van der Waals surface area contributed by atoms with Gasteiger partial charge in [0.1, 0.15) is 11.5 Å². The summed E-state index contributed by atoms with van der Waals surface area (Å²) in [6.07, 6.45) is 1.10. The molecule has 100 valence electrons. The van der Waals surface area contributed by atoms with E-state index in [1.807, 2.05) is 0 Å². The van der Waals surface area contributed by atoms with Gasteiger partial charge in [0.05, 0.1) is 29.0 Å². The first-order chi connectivity index (χ1) is 9.01. The van der Waals surface area contributed by atoms with Crippen molar-refractivity contribution in [3.63, 3.8) is 0 Å². The summed E-state index contributed by atoms with van der Waals surface area (Å²) in [4.78, 5) is 9.96. The van der Waals surface area contributed by atoms with Crippen LogP contribution in [0.3, 0.4) is 0 Å². The molecular formula is C11H11FN4O3. The van der Waals surface area contributed by atoms with Crippen LogP contribution in [0, 0.1) is 15.9 Å². The number of aliphatic hydroxyl groups excluding tert-OH is 1. The van der Waals surface area contributed by atoms with Gasteiger partial charge in [0.25, 0.3) is 5.69 Å². The van der Waals surface area contributed by atoms with Crippen LogP contribution in [0.4, 0.5) is 10.1 Å². The second-order valence-electron chi connectivity index (χ2n) is 3.94. The van der Waals surface area contributed by atoms with Gasteiger partial charge in [-0.05, 0) is 6.42 Å². The Hall–Kier alpha value is -2.35. The third-order valence-corrected chi connectivity index (χ3v) is 2.58. The molecule has 1 aromatic carbocycles. The van der Waals surface area contributed by atoms with E-state index in [0.29, 0.717) is 12.1 Å². The number of non-ortho nitro benzene ring substituents is 1. The van der Waals surface area contributed by atoms with E-state index >= 15 is 0 Å². The molecule has 0 saturated heterocycles. The number of aliphatic hydroxyl groups is 1. The number of nitro groups is 1. The molecule has 1 unspecified atom stereocenters. The lowest BCUT2D eigenvalue weighted by molar-refractivity contribution is -0.385. The maximum Gasteiger partial charge on any atom is 0.274 e. The van der Waals surface area contributed by atoms with Crippen LogP contribution in [-0.2, 0) is 0 Å². The Labute approximate surface area is 107 Å². The number of rotatable bonds is 4. The fourth-order valence-corrected chi connectivity index (χ4v) is 1.56. The fraction of sp³-hybridized carbons (Fsp3) is 0.273. The minimum atomic E-state index is -0.766. The van der Waals surface area contributed by atoms with Gasteiger partial charge in [-0.3, -0.25) is 10.1 Å². The van der Waals surface area contributed by atoms with Gasteiger partial charge in [0.2, 0.25) is 0 Å². The summed E-state index contributed by atoms with van der Waals surface area (Å²) in [5.41, 5.74) is 0.131. The van der Waals surface area contributed by atoms with E-state index in [0.717, 1.165) is 12.1 Å². The maximum absolute atomic E-state index is 13.3. The lowest BCUT2D eigenvalue weighted by atomic mass is 10.2. The number of aromatic nitrogens is 3. The molecule has 19 heavy (non-hydrogen) atoms. The van der Waals surface area contributed by atoms with Gasteiger partial charge in [-0.15, -0.1) is 5.10 Å². The van der Waals surface area contributed by atoms with Crippen molar-refractivity contribution in [2.45, 2.75) is 19.4 Å². The molecule has 7 nitrogen and oxygen atoms in total. The average molecular weight is 266 g/mol. The van der Waals surface area contributed by atoms with Gasteiger partial charge in [-0.1, -0.05) is 12.1 Å². The monoisotopic (exact) mass is 266 g/mol. The van der Waals surface area contributed by atoms with Crippen molar-refractivity contribution < 1.29 is 14.4 Å². The van der Waals surface area contributed by atoms with Crippen molar-refractivity contribution >= 4 is 5.69 Å². The predicted octanol–water partition coefficient (Wildman–Crippen LogP) is 1.76. The van der Waals surface area contributed by atoms with Crippen molar-refractivity contribution in [2.24, 2.45) is 0 Å². The third-order valence-electron chi connectivity index (χ3n) is 2.58. The highest BCUT2D eigenvalue weighted by molar-refractivity contribution is 5.43. The maximum atomic E-state index is 13.3. The zero-order valence-electron chi connectivity index (χ0n) is 10.0. The average Bonchev–Trinajstić information content (AvgIpc) is 2.86. The summed E-state index contributed by atoms with van der Waals surface area (Å²) in [7, 11) is 0. The Kier molecular flexibility index (Phi) is 3.52. The fourth-order valence-electron chi connectivity index (χ4n) is 1.56. The van der Waals surface area contributed by atoms with E-state index in [-0.39, 0.29) is 11.4 Å². The molecule has 0 bridgehead atoms. The van der Waals surface area contributed by atoms with Crippen molar-refractivity contribution in [1.82, 2.24) is 15.0 Å². The first-order valence-corrected chi connectivity index (χ1v) is 5.57. The Morgan fingerprint density at radius 2 is 2.26 bits per heavy atom. The highest BCUT2D eigenvalue weighted by Crippen LogP contribution is 2.20. The molecule has 0 aliphatic carbocycles. The highest BCUT2D eigenvalue weighted by atomic mass is 19.1. The number of benzene rings is 1. The van der Waals surface area contributed by atoms with E-state index in [9.17, 15) is 19.6 Å². The molecule has 0 amide bonds. The minimum absolute atomic E-state index is 0.175. The minimum Gasteiger partial charge on any atom is -0.387 e. The van der Waals surface area contributed by atoms with Crippen LogP contribution in [0.25, 0.3) is 5.69 Å². The molecule has 2 aromatic rings. The van der Waals surface area contributed by atoms with Gasteiger partial charge in [-0.2, -0.15) is 0 Å². The summed E-state index contributed by atoms with van der Waals surface area (Å²) in [5.74, 6) is -0.739. The van der Waals surface area contributed by atoms with Gasteiger partial charge in [-0.25, -0.2) is 9.07 Å². The van der Waals surface area contributed by atoms with Crippen LogP contribution in [0.5, 0.6) is 0 Å². The molecule has 1 atom stereocenters. The second kappa shape index (κ2) is 5.11. The molecule has 1 heterocycles. The van der Waals surface area contributed by atoms with Crippen LogP contribution in [-0.4, -0.2) is 25.0 Å². The largest absolute Gasteiger partial charge is 0.387 e. The van der Waals surface area contributed by atoms with E-state index in [1.165, 1.54) is 16.9 Å². The Bertz CT molecular complexity index is 614. The number of hydrogen-bond donors (Lipinski definition) is 1. The molecule has 0 aliphatic rings. The van der Waals surface area contributed by atoms with Crippen LogP contribution in [0.15, 0.2) is 24.4 Å². The normalized spacial score (nSPS) is 12.4. The molecule has 1 aromatic heterocycles. The Balaban J connectivity index is 2.41. The van der Waals surface area contributed by atoms with Gasteiger partial charge in [0, 0.05) is 12.1 Å². The quantitative estimate of drug-likeness (QED) is 0.672. The summed E-state index contributed by atoms with van der Waals surface area (Å²) < 4.78 is 14.5. The smallest absolute Gasteiger partial charge is 0.274 e. The van der Waals surface area contributed by atoms with Gasteiger partial charge in [0.15, 0.2) is 0 Å². The Morgan fingerprint density at radius 1 is 1.53 bits per heavy atom. The molecule has 0 aliphatic heterocycles. The van der Waals surface area contributed by atoms with Crippen LogP contribution < -0.4 is 0 Å². The van der Waals surface area contributed by atoms with Crippen LogP contribution >= 0.6 is 0 Å². The summed E-state index contributed by atoms with van der Waals surface area (Å²) in [5, 5.41) is 27.7. The van der Waals surface area contributed by atoms with E-state index < -0.39 is 16.8 Å². The molecule has 1 N–H and O–H groups in total. The third kappa shape index (κ3) is 2.74. The number of nitrogens with zero attached hydrogens (tertiary/aromatic N) is 4. The standard InChI is InChI=1S/C11H11FN4O3/c1-2-11(17)10-6-15(14-13-10)8-3-7(12)4-9(5-8)16(18)19/h3-6,11,17H,2H2,1H3. The number of nitro benzene ring substituents is 1. The zero-order valence-corrected chi connectivity index (χ0v) is 10.0. The van der Waals surface area contributed by atoms with Crippen molar-refractivity contribution in [3.05, 3.63) is 46.0 Å². The number of halogens is 1. The van der Waals surface area contributed by atoms with E-state index in [2.05, 4.69) is 10.3 Å². The van der Waals surface area contributed by atoms with Crippen molar-refractivity contribution in [3.8, 4) is 5.69 Å². The number of hydrogen-bond acceptors (Lipinski definition) is 5. The summed E-state index contributed by atoms with van der Waals surface area (Å²) >= 11 is 0. The predicted molar refractivity (Wildman–Crippen MR) is 63.2 cm³/mol. The van der Waals surface area contributed by atoms with E-state index in [1.54, 1.807) is 6.92 Å². The summed E-state index contributed by atoms with van der Waals surface area (Å²) in [6.45, 7) is 1.77. The zero-order chi connectivity index (χ0) is 14.0. The first kappa shape index (κ1) is 13.1. The van der Waals surface area contributed by atoms with Crippen molar-refractivity contribution in [2.75, 3.05) is 0 Å².